The van der Waals surface area contributed by atoms with Crippen LogP contribution in [-0.2, 0) is 19.0 Å². The summed E-state index contributed by atoms with van der Waals surface area (Å²) in [7, 11) is 0. The number of aliphatic hydroxyl groups excluding tert-OH is 4. The van der Waals surface area contributed by atoms with Crippen LogP contribution in [0.2, 0.25) is 0 Å². The minimum atomic E-state index is -1.48. The molecule has 0 aromatic carbocycles. The Morgan fingerprint density at radius 3 is 2.15 bits per heavy atom. The van der Waals surface area contributed by atoms with Gasteiger partial charge in [-0.1, -0.05) is 137 Å². The Kier molecular flexibility index (Phi) is 17.0. The van der Waals surface area contributed by atoms with Crippen molar-refractivity contribution in [1.29, 1.82) is 0 Å². The fraction of sp³-hybridized carbons (Fsp3) is 0.936. The molecule has 8 nitrogen and oxygen atoms in total. The predicted octanol–water partition coefficient (Wildman–Crippen LogP) is 9.44. The maximum absolute atomic E-state index is 12.5. The van der Waals surface area contributed by atoms with Gasteiger partial charge >= 0.3 is 5.97 Å². The number of esters is 1. The largest absolute Gasteiger partial charge is 0.463 e. The number of carbonyl (C=O) groups excluding carboxylic acids is 1. The summed E-state index contributed by atoms with van der Waals surface area (Å²) in [5, 5.41) is 44.2. The van der Waals surface area contributed by atoms with E-state index in [-0.39, 0.29) is 30.0 Å². The van der Waals surface area contributed by atoms with Gasteiger partial charge < -0.3 is 34.6 Å². The molecule has 0 radical (unpaired) electrons. The second-order valence-electron chi connectivity index (χ2n) is 19.9. The zero-order valence-electron chi connectivity index (χ0n) is 35.8. The van der Waals surface area contributed by atoms with Crippen LogP contribution in [0.4, 0.5) is 0 Å². The summed E-state index contributed by atoms with van der Waals surface area (Å²) in [4.78, 5) is 12.5. The van der Waals surface area contributed by atoms with Gasteiger partial charge in [-0.25, -0.2) is 0 Å². The standard InChI is InChI=1S/C47H82O8/c1-7-8-9-10-11-12-13-14-15-16-17-21-40(49)53-30-39-42(50)43(51)44(52)45(55-39)54-34-24-26-46(5)33(28-34)29-38(48)41-36-23-22-35(32(4)20-18-19-31(2)3)47(36,6)27-25-37(41)46/h29,31-32,34-39,41-45,48,50-52H,7-28,30H2,1-6H3/t32-,34?,35-,36?,37?,38-,39-,41?,42-,43+,44-,45+,46+,47-/m1/s1. The lowest BCUT2D eigenvalue weighted by Gasteiger charge is -2.59. The highest BCUT2D eigenvalue weighted by Gasteiger charge is 2.61. The van der Waals surface area contributed by atoms with Crippen molar-refractivity contribution >= 4 is 5.97 Å². The van der Waals surface area contributed by atoms with E-state index in [0.29, 0.717) is 30.1 Å². The first-order valence-corrected chi connectivity index (χ1v) is 23.2. The number of hydrogen-bond acceptors (Lipinski definition) is 8. The molecule has 4 N–H and O–H groups in total. The summed E-state index contributed by atoms with van der Waals surface area (Å²) in [6.07, 6.45) is 19.7. The number of fused-ring (bicyclic) bond motifs is 5. The molecule has 318 valence electrons. The molecule has 5 rings (SSSR count). The molecule has 0 spiro atoms. The third-order valence-electron chi connectivity index (χ3n) is 15.7. The van der Waals surface area contributed by atoms with Crippen molar-refractivity contribution in [2.24, 2.45) is 46.3 Å². The molecule has 55 heavy (non-hydrogen) atoms. The SMILES string of the molecule is CCCCCCCCCCCCCC(=O)OC[C@H]1O[C@H](OC2CC[C@@]3(C)C(=C[C@@H](O)C4C3CC[C@@]3(C)C4CC[C@@H]3[C@H](C)CCCC(C)C)C2)[C@H](O)[C@@H](O)[C@@H]1O. The van der Waals surface area contributed by atoms with Crippen LogP contribution in [0, 0.1) is 46.3 Å². The summed E-state index contributed by atoms with van der Waals surface area (Å²) in [5.74, 6) is 3.15. The molecular formula is C47H82O8. The third-order valence-corrected chi connectivity index (χ3v) is 15.7. The van der Waals surface area contributed by atoms with Gasteiger partial charge in [0, 0.05) is 6.42 Å². The third kappa shape index (κ3) is 11.0. The zero-order valence-corrected chi connectivity index (χ0v) is 35.8. The molecular weight excluding hydrogens is 693 g/mol. The Hall–Kier alpha value is -1.03. The number of ether oxygens (including phenoxy) is 3. The number of unbranched alkanes of at least 4 members (excludes halogenated alkanes) is 10. The van der Waals surface area contributed by atoms with Gasteiger partial charge in [0.2, 0.25) is 0 Å². The smallest absolute Gasteiger partial charge is 0.305 e. The molecule has 0 aromatic rings. The van der Waals surface area contributed by atoms with Crippen molar-refractivity contribution in [3.63, 3.8) is 0 Å². The summed E-state index contributed by atoms with van der Waals surface area (Å²) < 4.78 is 17.9. The van der Waals surface area contributed by atoms with E-state index in [1.54, 1.807) is 0 Å². The summed E-state index contributed by atoms with van der Waals surface area (Å²) in [5.41, 5.74) is 1.54. The van der Waals surface area contributed by atoms with Crippen LogP contribution < -0.4 is 0 Å². The Bertz CT molecular complexity index is 1210. The lowest BCUT2D eigenvalue weighted by Crippen LogP contribution is -2.60. The average Bonchev–Trinajstić information content (AvgIpc) is 3.51. The quantitative estimate of drug-likeness (QED) is 0.0517. The molecule has 4 fully saturated rings. The van der Waals surface area contributed by atoms with E-state index in [1.807, 2.05) is 0 Å². The van der Waals surface area contributed by atoms with Gasteiger partial charge in [-0.15, -0.1) is 0 Å². The zero-order chi connectivity index (χ0) is 39.8. The molecule has 0 bridgehead atoms. The summed E-state index contributed by atoms with van der Waals surface area (Å²) >= 11 is 0. The van der Waals surface area contributed by atoms with Gasteiger partial charge in [0.05, 0.1) is 12.2 Å². The van der Waals surface area contributed by atoms with Crippen LogP contribution in [0.1, 0.15) is 183 Å². The maximum Gasteiger partial charge on any atom is 0.305 e. The fourth-order valence-electron chi connectivity index (χ4n) is 12.3. The molecule has 4 unspecified atom stereocenters. The molecule has 5 aliphatic rings. The Morgan fingerprint density at radius 1 is 0.800 bits per heavy atom. The number of rotatable bonds is 21. The van der Waals surface area contributed by atoms with Gasteiger partial charge in [-0.05, 0) is 97.7 Å². The first kappa shape index (κ1) is 45.1. The van der Waals surface area contributed by atoms with Gasteiger partial charge in [0.1, 0.15) is 31.0 Å². The molecule has 14 atom stereocenters. The Balaban J connectivity index is 1.09. The number of carbonyl (C=O) groups is 1. The maximum atomic E-state index is 12.5. The molecule has 1 saturated heterocycles. The van der Waals surface area contributed by atoms with Crippen LogP contribution >= 0.6 is 0 Å². The average molecular weight is 775 g/mol. The van der Waals surface area contributed by atoms with Crippen LogP contribution in [0.5, 0.6) is 0 Å². The van der Waals surface area contributed by atoms with Crippen molar-refractivity contribution in [3.05, 3.63) is 11.6 Å². The lowest BCUT2D eigenvalue weighted by atomic mass is 9.46. The van der Waals surface area contributed by atoms with E-state index < -0.39 is 36.8 Å². The highest BCUT2D eigenvalue weighted by molar-refractivity contribution is 5.69. The van der Waals surface area contributed by atoms with E-state index in [9.17, 15) is 25.2 Å². The van der Waals surface area contributed by atoms with Crippen LogP contribution in [-0.4, -0.2) is 75.9 Å². The van der Waals surface area contributed by atoms with E-state index in [4.69, 9.17) is 14.2 Å². The van der Waals surface area contributed by atoms with Crippen molar-refractivity contribution in [1.82, 2.24) is 0 Å². The highest BCUT2D eigenvalue weighted by atomic mass is 16.7. The van der Waals surface area contributed by atoms with Gasteiger partial charge in [0.25, 0.3) is 0 Å². The monoisotopic (exact) mass is 775 g/mol. The molecule has 1 aliphatic heterocycles. The van der Waals surface area contributed by atoms with Crippen molar-refractivity contribution in [3.8, 4) is 0 Å². The molecule has 4 aliphatic carbocycles. The molecule has 3 saturated carbocycles. The van der Waals surface area contributed by atoms with Gasteiger partial charge in [-0.3, -0.25) is 4.79 Å². The van der Waals surface area contributed by atoms with Crippen molar-refractivity contribution in [2.75, 3.05) is 6.61 Å². The van der Waals surface area contributed by atoms with E-state index in [2.05, 4.69) is 47.6 Å². The first-order valence-electron chi connectivity index (χ1n) is 23.2. The minimum Gasteiger partial charge on any atom is -0.463 e. The number of hydrogen-bond donors (Lipinski definition) is 4. The molecule has 0 amide bonds. The minimum absolute atomic E-state index is 0.00156. The van der Waals surface area contributed by atoms with Crippen LogP contribution in [0.15, 0.2) is 11.6 Å². The van der Waals surface area contributed by atoms with Crippen LogP contribution in [0.3, 0.4) is 0 Å². The highest BCUT2D eigenvalue weighted by Crippen LogP contribution is 2.67. The topological polar surface area (TPSA) is 126 Å². The summed E-state index contributed by atoms with van der Waals surface area (Å²) in [6.45, 7) is 14.1. The summed E-state index contributed by atoms with van der Waals surface area (Å²) in [6, 6.07) is 0. The molecule has 1 heterocycles. The fourth-order valence-corrected chi connectivity index (χ4v) is 12.3. The van der Waals surface area contributed by atoms with Gasteiger partial charge in [-0.2, -0.15) is 0 Å². The second kappa shape index (κ2) is 20.8. The van der Waals surface area contributed by atoms with Crippen molar-refractivity contribution < 1.29 is 39.4 Å². The van der Waals surface area contributed by atoms with Crippen LogP contribution in [0.25, 0.3) is 0 Å². The first-order chi connectivity index (χ1) is 26.3. The van der Waals surface area contributed by atoms with E-state index >= 15 is 0 Å². The molecule has 0 aromatic heterocycles. The lowest BCUT2D eigenvalue weighted by molar-refractivity contribution is -0.313. The Morgan fingerprint density at radius 2 is 1.47 bits per heavy atom. The second-order valence-corrected chi connectivity index (χ2v) is 19.9. The number of aliphatic hydroxyl groups is 4. The van der Waals surface area contributed by atoms with Gasteiger partial charge in [0.15, 0.2) is 6.29 Å². The normalized spacial score (nSPS) is 39.3. The van der Waals surface area contributed by atoms with E-state index in [1.165, 1.54) is 95.5 Å². The van der Waals surface area contributed by atoms with E-state index in [0.717, 1.165) is 56.3 Å². The Labute approximate surface area is 334 Å². The predicted molar refractivity (Wildman–Crippen MR) is 218 cm³/mol. The van der Waals surface area contributed by atoms with Crippen molar-refractivity contribution in [2.45, 2.75) is 226 Å². The molecule has 8 heteroatoms.